The van der Waals surface area contributed by atoms with Gasteiger partial charge in [0.1, 0.15) is 5.82 Å². The molecule has 5 heteroatoms. The van der Waals surface area contributed by atoms with Crippen molar-refractivity contribution in [3.63, 3.8) is 0 Å². The minimum atomic E-state index is -4.53. The lowest BCUT2D eigenvalue weighted by Crippen LogP contribution is -2.07. The summed E-state index contributed by atoms with van der Waals surface area (Å²) in [5, 5.41) is 8.62. The summed E-state index contributed by atoms with van der Waals surface area (Å²) in [5.41, 5.74) is -0.369. The minimum absolute atomic E-state index is 0.000449. The van der Waals surface area contributed by atoms with Crippen molar-refractivity contribution in [3.05, 3.63) is 59.4 Å². The Morgan fingerprint density at radius 3 is 2.40 bits per heavy atom. The van der Waals surface area contributed by atoms with Crippen LogP contribution < -0.4 is 0 Å². The number of nitrogens with zero attached hydrogens (tertiary/aromatic N) is 1. The summed E-state index contributed by atoms with van der Waals surface area (Å²) in [6.07, 6.45) is -4.53. The molecular formula is C15H9F4N. The maximum absolute atomic E-state index is 13.2. The molecule has 0 amide bonds. The van der Waals surface area contributed by atoms with E-state index in [-0.39, 0.29) is 17.5 Å². The van der Waals surface area contributed by atoms with Gasteiger partial charge in [-0.15, -0.1) is 0 Å². The third-order valence-corrected chi connectivity index (χ3v) is 2.81. The summed E-state index contributed by atoms with van der Waals surface area (Å²) in [6.45, 7) is 0. The van der Waals surface area contributed by atoms with Crippen LogP contribution in [-0.4, -0.2) is 0 Å². The molecule has 0 fully saturated rings. The Kier molecular flexibility index (Phi) is 3.75. The van der Waals surface area contributed by atoms with E-state index in [0.29, 0.717) is 5.56 Å². The van der Waals surface area contributed by atoms with Gasteiger partial charge < -0.3 is 0 Å². The molecule has 0 aliphatic carbocycles. The maximum Gasteiger partial charge on any atom is 0.417 e. The fraction of sp³-hybridized carbons (Fsp3) is 0.133. The summed E-state index contributed by atoms with van der Waals surface area (Å²) < 4.78 is 52.2. The molecule has 2 aromatic rings. The van der Waals surface area contributed by atoms with Gasteiger partial charge in [-0.05, 0) is 41.0 Å². The van der Waals surface area contributed by atoms with Gasteiger partial charge in [-0.25, -0.2) is 4.39 Å². The van der Waals surface area contributed by atoms with Crippen molar-refractivity contribution >= 4 is 0 Å². The van der Waals surface area contributed by atoms with Crippen LogP contribution in [0.4, 0.5) is 17.6 Å². The Morgan fingerprint density at radius 2 is 1.80 bits per heavy atom. The molecule has 0 spiro atoms. The SMILES string of the molecule is N#CCc1ccc(C(F)(F)F)c(-c2cccc(F)c2)c1. The van der Waals surface area contributed by atoms with Crippen LogP contribution in [0.5, 0.6) is 0 Å². The highest BCUT2D eigenvalue weighted by atomic mass is 19.4. The zero-order chi connectivity index (χ0) is 14.8. The van der Waals surface area contributed by atoms with Crippen molar-refractivity contribution in [1.82, 2.24) is 0 Å². The smallest absolute Gasteiger partial charge is 0.207 e. The average molecular weight is 279 g/mol. The highest BCUT2D eigenvalue weighted by Crippen LogP contribution is 2.37. The topological polar surface area (TPSA) is 23.8 Å². The van der Waals surface area contributed by atoms with E-state index in [9.17, 15) is 17.6 Å². The van der Waals surface area contributed by atoms with Crippen LogP contribution in [0.1, 0.15) is 11.1 Å². The van der Waals surface area contributed by atoms with Gasteiger partial charge in [0, 0.05) is 0 Å². The molecule has 1 nitrogen and oxygen atoms in total. The van der Waals surface area contributed by atoms with Crippen molar-refractivity contribution in [2.45, 2.75) is 12.6 Å². The highest BCUT2D eigenvalue weighted by molar-refractivity contribution is 5.69. The van der Waals surface area contributed by atoms with Gasteiger partial charge in [0.05, 0.1) is 18.1 Å². The Labute approximate surface area is 113 Å². The number of rotatable bonds is 2. The first kappa shape index (κ1) is 14.1. The molecule has 20 heavy (non-hydrogen) atoms. The van der Waals surface area contributed by atoms with Crippen molar-refractivity contribution in [2.24, 2.45) is 0 Å². The van der Waals surface area contributed by atoms with E-state index < -0.39 is 17.6 Å². The molecule has 0 N–H and O–H groups in total. The first-order valence-electron chi connectivity index (χ1n) is 5.75. The fourth-order valence-electron chi connectivity index (χ4n) is 1.93. The van der Waals surface area contributed by atoms with E-state index in [1.165, 1.54) is 24.3 Å². The molecule has 0 saturated carbocycles. The normalized spacial score (nSPS) is 11.2. The third-order valence-electron chi connectivity index (χ3n) is 2.81. The summed E-state index contributed by atoms with van der Waals surface area (Å²) in [4.78, 5) is 0. The zero-order valence-electron chi connectivity index (χ0n) is 10.2. The van der Waals surface area contributed by atoms with E-state index in [2.05, 4.69) is 0 Å². The van der Waals surface area contributed by atoms with Crippen LogP contribution in [-0.2, 0) is 12.6 Å². The molecule has 0 aliphatic heterocycles. The molecule has 0 atom stereocenters. The second-order valence-electron chi connectivity index (χ2n) is 4.22. The molecule has 2 aromatic carbocycles. The number of nitriles is 1. The second kappa shape index (κ2) is 5.33. The van der Waals surface area contributed by atoms with E-state index in [1.54, 1.807) is 0 Å². The van der Waals surface area contributed by atoms with E-state index in [1.807, 2.05) is 6.07 Å². The van der Waals surface area contributed by atoms with Crippen LogP contribution in [0.25, 0.3) is 11.1 Å². The van der Waals surface area contributed by atoms with Crippen molar-refractivity contribution in [2.75, 3.05) is 0 Å². The second-order valence-corrected chi connectivity index (χ2v) is 4.22. The monoisotopic (exact) mass is 279 g/mol. The first-order chi connectivity index (χ1) is 9.41. The summed E-state index contributed by atoms with van der Waals surface area (Å²) >= 11 is 0. The number of alkyl halides is 3. The van der Waals surface area contributed by atoms with Crippen molar-refractivity contribution < 1.29 is 17.6 Å². The van der Waals surface area contributed by atoms with Gasteiger partial charge in [-0.2, -0.15) is 18.4 Å². The number of hydrogen-bond acceptors (Lipinski definition) is 1. The predicted octanol–water partition coefficient (Wildman–Crippen LogP) is 4.58. The van der Waals surface area contributed by atoms with Crippen LogP contribution in [0, 0.1) is 17.1 Å². The molecule has 2 rings (SSSR count). The zero-order valence-corrected chi connectivity index (χ0v) is 10.2. The first-order valence-corrected chi connectivity index (χ1v) is 5.75. The molecule has 102 valence electrons. The van der Waals surface area contributed by atoms with Gasteiger partial charge >= 0.3 is 6.18 Å². The highest BCUT2D eigenvalue weighted by Gasteiger charge is 2.33. The van der Waals surface area contributed by atoms with Crippen molar-refractivity contribution in [3.8, 4) is 17.2 Å². The lowest BCUT2D eigenvalue weighted by atomic mass is 9.96. The van der Waals surface area contributed by atoms with Gasteiger partial charge in [-0.1, -0.05) is 18.2 Å². The van der Waals surface area contributed by atoms with E-state index in [4.69, 9.17) is 5.26 Å². The van der Waals surface area contributed by atoms with Crippen LogP contribution in [0.15, 0.2) is 42.5 Å². The van der Waals surface area contributed by atoms with Crippen LogP contribution in [0.2, 0.25) is 0 Å². The Balaban J connectivity index is 2.64. The van der Waals surface area contributed by atoms with E-state index in [0.717, 1.165) is 18.2 Å². The van der Waals surface area contributed by atoms with Gasteiger partial charge in [0.25, 0.3) is 0 Å². The molecule has 0 radical (unpaired) electrons. The minimum Gasteiger partial charge on any atom is -0.207 e. The number of halogens is 4. The summed E-state index contributed by atoms with van der Waals surface area (Å²) in [5.74, 6) is -0.610. The third kappa shape index (κ3) is 2.97. The molecule has 0 saturated heterocycles. The molecule has 0 aromatic heterocycles. The van der Waals surface area contributed by atoms with Gasteiger partial charge in [-0.3, -0.25) is 0 Å². The van der Waals surface area contributed by atoms with Gasteiger partial charge in [0.15, 0.2) is 0 Å². The molecule has 0 aliphatic rings. The standard InChI is InChI=1S/C15H9F4N/c16-12-3-1-2-11(9-12)13-8-10(6-7-20)4-5-14(13)15(17,18)19/h1-5,8-9H,6H2. The summed E-state index contributed by atoms with van der Waals surface area (Å²) in [6, 6.07) is 10.3. The predicted molar refractivity (Wildman–Crippen MR) is 66.2 cm³/mol. The lowest BCUT2D eigenvalue weighted by Gasteiger charge is -2.14. The maximum atomic E-state index is 13.2. The number of benzene rings is 2. The Hall–Kier alpha value is -2.35. The Bertz CT molecular complexity index is 668. The van der Waals surface area contributed by atoms with E-state index >= 15 is 0 Å². The molecule has 0 heterocycles. The Morgan fingerprint density at radius 1 is 1.05 bits per heavy atom. The van der Waals surface area contributed by atoms with Crippen LogP contribution >= 0.6 is 0 Å². The fourth-order valence-corrected chi connectivity index (χ4v) is 1.93. The largest absolute Gasteiger partial charge is 0.417 e. The molecular weight excluding hydrogens is 270 g/mol. The van der Waals surface area contributed by atoms with Crippen molar-refractivity contribution in [1.29, 1.82) is 5.26 Å². The number of hydrogen-bond donors (Lipinski definition) is 0. The lowest BCUT2D eigenvalue weighted by molar-refractivity contribution is -0.137. The van der Waals surface area contributed by atoms with Crippen LogP contribution in [0.3, 0.4) is 0 Å². The van der Waals surface area contributed by atoms with Gasteiger partial charge in [0.2, 0.25) is 0 Å². The summed E-state index contributed by atoms with van der Waals surface area (Å²) in [7, 11) is 0. The quantitative estimate of drug-likeness (QED) is 0.738. The molecule has 0 unspecified atom stereocenters. The molecule has 0 bridgehead atoms. The average Bonchev–Trinajstić information content (AvgIpc) is 2.38.